The summed E-state index contributed by atoms with van der Waals surface area (Å²) in [7, 11) is 0. The summed E-state index contributed by atoms with van der Waals surface area (Å²) in [6, 6.07) is 7.98. The molecule has 24 heavy (non-hydrogen) atoms. The lowest BCUT2D eigenvalue weighted by atomic mass is 10.2. The van der Waals surface area contributed by atoms with E-state index in [1.165, 1.54) is 0 Å². The van der Waals surface area contributed by atoms with Crippen LogP contribution in [-0.2, 0) is 20.9 Å². The second-order valence-corrected chi connectivity index (χ2v) is 8.65. The molecule has 0 bridgehead atoms. The number of carboxylic acid groups (broad SMARTS) is 1. The highest BCUT2D eigenvalue weighted by atomic mass is 35.9. The molecule has 1 amide bonds. The average Bonchev–Trinajstić information content (AvgIpc) is 2.55. The van der Waals surface area contributed by atoms with E-state index >= 15 is 0 Å². The van der Waals surface area contributed by atoms with Gasteiger partial charge in [0.05, 0.1) is 6.29 Å². The summed E-state index contributed by atoms with van der Waals surface area (Å²) < 4.78 is 10.4. The highest BCUT2D eigenvalue weighted by Gasteiger charge is 2.32. The summed E-state index contributed by atoms with van der Waals surface area (Å²) in [5.41, 5.74) is 0.797. The zero-order chi connectivity index (χ0) is 17.9. The molecule has 0 aliphatic rings. The van der Waals surface area contributed by atoms with Gasteiger partial charge in [0.25, 0.3) is 0 Å². The third-order valence-electron chi connectivity index (χ3n) is 3.10. The molecule has 0 spiro atoms. The van der Waals surface area contributed by atoms with Crippen molar-refractivity contribution in [1.29, 1.82) is 0 Å². The van der Waals surface area contributed by atoms with Gasteiger partial charge in [-0.25, -0.2) is 9.59 Å². The number of nitrogens with zero attached hydrogens (tertiary/aromatic N) is 1. The number of ether oxygens (including phenoxy) is 2. The van der Waals surface area contributed by atoms with Crippen LogP contribution in [0, 0.1) is 0 Å². The van der Waals surface area contributed by atoms with Crippen molar-refractivity contribution in [3.63, 3.8) is 0 Å². The SMILES string of the molecule is CCOCCC(C(=O)O)N(CP(Cl)Cl)C(=O)OCc1ccccc1. The van der Waals surface area contributed by atoms with Crippen molar-refractivity contribution in [2.45, 2.75) is 26.0 Å². The van der Waals surface area contributed by atoms with Crippen LogP contribution in [0.5, 0.6) is 0 Å². The molecule has 0 saturated carbocycles. The van der Waals surface area contributed by atoms with Gasteiger partial charge in [-0.05, 0) is 12.5 Å². The van der Waals surface area contributed by atoms with E-state index in [1.54, 1.807) is 19.1 Å². The minimum atomic E-state index is -1.55. The molecule has 0 radical (unpaired) electrons. The van der Waals surface area contributed by atoms with E-state index < -0.39 is 24.7 Å². The van der Waals surface area contributed by atoms with E-state index in [9.17, 15) is 14.7 Å². The van der Waals surface area contributed by atoms with Crippen molar-refractivity contribution >= 4 is 41.2 Å². The molecular formula is C15H20Cl2NO5P. The smallest absolute Gasteiger partial charge is 0.411 e. The Kier molecular flexibility index (Phi) is 10.0. The minimum absolute atomic E-state index is 0.0382. The second kappa shape index (κ2) is 11.5. The molecule has 9 heteroatoms. The molecule has 134 valence electrons. The third kappa shape index (κ3) is 7.67. The lowest BCUT2D eigenvalue weighted by Crippen LogP contribution is -2.45. The van der Waals surface area contributed by atoms with Crippen LogP contribution < -0.4 is 0 Å². The van der Waals surface area contributed by atoms with Gasteiger partial charge in [-0.3, -0.25) is 4.90 Å². The molecule has 0 heterocycles. The fraction of sp³-hybridized carbons (Fsp3) is 0.467. The van der Waals surface area contributed by atoms with Crippen molar-refractivity contribution in [2.24, 2.45) is 0 Å². The van der Waals surface area contributed by atoms with Crippen LogP contribution in [-0.4, -0.2) is 47.6 Å². The Morgan fingerprint density at radius 3 is 2.50 bits per heavy atom. The zero-order valence-corrected chi connectivity index (χ0v) is 15.6. The Labute approximate surface area is 152 Å². The molecule has 0 saturated heterocycles. The Bertz CT molecular complexity index is 518. The van der Waals surface area contributed by atoms with Crippen LogP contribution in [0.1, 0.15) is 18.9 Å². The number of benzene rings is 1. The number of amides is 1. The first-order valence-electron chi connectivity index (χ1n) is 7.32. The van der Waals surface area contributed by atoms with Crippen molar-refractivity contribution in [3.05, 3.63) is 35.9 Å². The van der Waals surface area contributed by atoms with Crippen molar-refractivity contribution in [1.82, 2.24) is 4.90 Å². The molecule has 0 aromatic heterocycles. The Morgan fingerprint density at radius 2 is 1.96 bits per heavy atom. The molecule has 1 aromatic rings. The molecule has 1 N–H and O–H groups in total. The van der Waals surface area contributed by atoms with Gasteiger partial charge in [0.2, 0.25) is 0 Å². The average molecular weight is 396 g/mol. The van der Waals surface area contributed by atoms with Crippen LogP contribution in [0.4, 0.5) is 4.79 Å². The Balaban J connectivity index is 2.76. The van der Waals surface area contributed by atoms with E-state index in [-0.39, 0.29) is 25.9 Å². The number of hydrogen-bond donors (Lipinski definition) is 1. The molecule has 1 rings (SSSR count). The number of rotatable bonds is 10. The number of halogens is 2. The van der Waals surface area contributed by atoms with Crippen LogP contribution in [0.15, 0.2) is 30.3 Å². The van der Waals surface area contributed by atoms with Gasteiger partial charge >= 0.3 is 12.1 Å². The highest BCUT2D eigenvalue weighted by Crippen LogP contribution is 2.47. The van der Waals surface area contributed by atoms with E-state index in [4.69, 9.17) is 32.0 Å². The first kappa shape index (κ1) is 21.0. The molecule has 1 unspecified atom stereocenters. The summed E-state index contributed by atoms with van der Waals surface area (Å²) >= 11 is 11.6. The predicted octanol–water partition coefficient (Wildman–Crippen LogP) is 4.25. The summed E-state index contributed by atoms with van der Waals surface area (Å²) in [4.78, 5) is 24.9. The van der Waals surface area contributed by atoms with E-state index in [1.807, 2.05) is 18.2 Å². The largest absolute Gasteiger partial charge is 0.480 e. The van der Waals surface area contributed by atoms with Gasteiger partial charge in [0.1, 0.15) is 19.3 Å². The molecule has 0 aliphatic carbocycles. The summed E-state index contributed by atoms with van der Waals surface area (Å²) in [6.45, 7) is 0.962. The molecular weight excluding hydrogens is 376 g/mol. The Hall–Kier alpha value is -1.07. The van der Waals surface area contributed by atoms with Crippen molar-refractivity contribution in [3.8, 4) is 0 Å². The van der Waals surface area contributed by atoms with E-state index in [0.717, 1.165) is 10.5 Å². The summed E-state index contributed by atoms with van der Waals surface area (Å²) in [5, 5.41) is 9.41. The number of carboxylic acids is 1. The van der Waals surface area contributed by atoms with Crippen LogP contribution in [0.2, 0.25) is 0 Å². The van der Waals surface area contributed by atoms with Gasteiger partial charge in [-0.15, -0.1) is 0 Å². The fourth-order valence-electron chi connectivity index (χ4n) is 1.95. The highest BCUT2D eigenvalue weighted by molar-refractivity contribution is 8.03. The quantitative estimate of drug-likeness (QED) is 0.473. The normalized spacial score (nSPS) is 12.0. The molecule has 6 nitrogen and oxygen atoms in total. The monoisotopic (exact) mass is 395 g/mol. The van der Waals surface area contributed by atoms with Crippen molar-refractivity contribution in [2.75, 3.05) is 19.5 Å². The van der Waals surface area contributed by atoms with E-state index in [0.29, 0.717) is 6.61 Å². The number of hydrogen-bond acceptors (Lipinski definition) is 4. The summed E-state index contributed by atoms with van der Waals surface area (Å²) in [5.74, 6) is -1.16. The van der Waals surface area contributed by atoms with Crippen LogP contribution in [0.25, 0.3) is 0 Å². The maximum Gasteiger partial charge on any atom is 0.411 e. The summed E-state index contributed by atoms with van der Waals surface area (Å²) in [6.07, 6.45) is -0.730. The minimum Gasteiger partial charge on any atom is -0.480 e. The van der Waals surface area contributed by atoms with Crippen LogP contribution in [0.3, 0.4) is 0 Å². The van der Waals surface area contributed by atoms with Gasteiger partial charge in [0, 0.05) is 19.6 Å². The Morgan fingerprint density at radius 1 is 1.29 bits per heavy atom. The number of aliphatic carboxylic acids is 1. The topological polar surface area (TPSA) is 76.1 Å². The van der Waals surface area contributed by atoms with Crippen molar-refractivity contribution < 1.29 is 24.2 Å². The second-order valence-electron chi connectivity index (χ2n) is 4.79. The standard InChI is InChI=1S/C15H20Cl2NO5P/c1-2-22-9-8-13(14(19)20)18(11-24(16)17)15(21)23-10-12-6-4-3-5-7-12/h3-7,13H,2,8-11H2,1H3,(H,19,20). The predicted molar refractivity (Wildman–Crippen MR) is 94.5 cm³/mol. The van der Waals surface area contributed by atoms with Gasteiger partial charge in [0.15, 0.2) is 0 Å². The maximum atomic E-state index is 12.3. The lowest BCUT2D eigenvalue weighted by molar-refractivity contribution is -0.143. The van der Waals surface area contributed by atoms with Crippen LogP contribution >= 0.6 is 29.1 Å². The van der Waals surface area contributed by atoms with Gasteiger partial charge < -0.3 is 14.6 Å². The molecule has 1 aromatic carbocycles. The molecule has 0 aliphatic heterocycles. The molecule has 0 fully saturated rings. The first-order valence-corrected chi connectivity index (χ1v) is 10.7. The van der Waals surface area contributed by atoms with Gasteiger partial charge in [-0.1, -0.05) is 52.8 Å². The molecule has 1 atom stereocenters. The number of carbonyl (C=O) groups excluding carboxylic acids is 1. The maximum absolute atomic E-state index is 12.3. The third-order valence-corrected chi connectivity index (χ3v) is 4.26. The van der Waals surface area contributed by atoms with Gasteiger partial charge in [-0.2, -0.15) is 0 Å². The lowest BCUT2D eigenvalue weighted by Gasteiger charge is -2.28. The first-order chi connectivity index (χ1) is 11.5. The zero-order valence-electron chi connectivity index (χ0n) is 13.2. The number of carbonyl (C=O) groups is 2. The fourth-order valence-corrected chi connectivity index (χ4v) is 3.19. The van der Waals surface area contributed by atoms with E-state index in [2.05, 4.69) is 0 Å².